The number of rotatable bonds is 4. The molecule has 0 aliphatic carbocycles. The number of hydrogen-bond donors (Lipinski definition) is 0. The number of hydrogen-bond acceptors (Lipinski definition) is 4. The third-order valence-corrected chi connectivity index (χ3v) is 4.83. The van der Waals surface area contributed by atoms with Crippen LogP contribution in [0.4, 0.5) is 0 Å². The molecule has 1 aromatic carbocycles. The molecule has 0 spiro atoms. The second-order valence-corrected chi connectivity index (χ2v) is 7.25. The van der Waals surface area contributed by atoms with Crippen molar-refractivity contribution in [3.05, 3.63) is 23.3 Å². The maximum absolute atomic E-state index is 12.6. The number of carbonyl (C=O) groups excluding carboxylic acids is 1. The summed E-state index contributed by atoms with van der Waals surface area (Å²) in [5.41, 5.74) is 2.39. The van der Waals surface area contributed by atoms with Gasteiger partial charge in [-0.2, -0.15) is 0 Å². The van der Waals surface area contributed by atoms with E-state index in [1.807, 2.05) is 17.9 Å². The minimum Gasteiger partial charge on any atom is -0.486 e. The summed E-state index contributed by atoms with van der Waals surface area (Å²) in [6.07, 6.45) is 0. The Hall–Kier alpha value is -1.75. The highest BCUT2D eigenvalue weighted by Crippen LogP contribution is 2.33. The Bertz CT molecular complexity index is 615. The summed E-state index contributed by atoms with van der Waals surface area (Å²) in [6, 6.07) is 4.04. The fourth-order valence-electron chi connectivity index (χ4n) is 3.43. The Balaban J connectivity index is 1.71. The number of piperazine rings is 1. The van der Waals surface area contributed by atoms with Gasteiger partial charge in [0.1, 0.15) is 13.2 Å². The molecule has 3 rings (SSSR count). The van der Waals surface area contributed by atoms with Crippen LogP contribution in [-0.4, -0.2) is 54.6 Å². The van der Waals surface area contributed by atoms with E-state index in [0.717, 1.165) is 37.7 Å². The van der Waals surface area contributed by atoms with Crippen LogP contribution in [0.1, 0.15) is 31.9 Å². The first-order chi connectivity index (χ1) is 11.5. The number of nitrogens with zero attached hydrogens (tertiary/aromatic N) is 2. The predicted octanol–water partition coefficient (Wildman–Crippen LogP) is 2.45. The van der Waals surface area contributed by atoms with Crippen LogP contribution in [0, 0.1) is 12.8 Å². The van der Waals surface area contributed by atoms with Gasteiger partial charge in [0, 0.05) is 26.2 Å². The standard InChI is InChI=1S/C19H28N2O3/c1-13(2)11-21-6-5-20(15(4)19(21)22)12-16-10-18-17(9-14(16)3)23-7-8-24-18/h9-10,13,15H,5-8,11-12H2,1-4H3/t15-/m1/s1. The molecule has 0 unspecified atom stereocenters. The molecule has 1 amide bonds. The van der Waals surface area contributed by atoms with E-state index in [9.17, 15) is 4.79 Å². The number of amides is 1. The molecule has 2 aliphatic heterocycles. The Morgan fingerprint density at radius 2 is 1.83 bits per heavy atom. The van der Waals surface area contributed by atoms with Crippen molar-refractivity contribution < 1.29 is 14.3 Å². The van der Waals surface area contributed by atoms with E-state index in [4.69, 9.17) is 9.47 Å². The van der Waals surface area contributed by atoms with Crippen molar-refractivity contribution in [2.24, 2.45) is 5.92 Å². The topological polar surface area (TPSA) is 42.0 Å². The van der Waals surface area contributed by atoms with Gasteiger partial charge >= 0.3 is 0 Å². The molecule has 5 heteroatoms. The first-order valence-corrected chi connectivity index (χ1v) is 8.87. The summed E-state index contributed by atoms with van der Waals surface area (Å²) in [4.78, 5) is 16.9. The lowest BCUT2D eigenvalue weighted by molar-refractivity contribution is -0.141. The van der Waals surface area contributed by atoms with Gasteiger partial charge in [-0.1, -0.05) is 13.8 Å². The van der Waals surface area contributed by atoms with Crippen LogP contribution in [0.15, 0.2) is 12.1 Å². The van der Waals surface area contributed by atoms with Gasteiger partial charge in [0.25, 0.3) is 0 Å². The molecule has 24 heavy (non-hydrogen) atoms. The summed E-state index contributed by atoms with van der Waals surface area (Å²) in [5.74, 6) is 2.39. The molecule has 2 aliphatic rings. The second-order valence-electron chi connectivity index (χ2n) is 7.25. The molecule has 0 saturated carbocycles. The van der Waals surface area contributed by atoms with Gasteiger partial charge in [-0.15, -0.1) is 0 Å². The fraction of sp³-hybridized carbons (Fsp3) is 0.632. The molecule has 1 aromatic rings. The highest BCUT2D eigenvalue weighted by Gasteiger charge is 2.31. The Kier molecular flexibility index (Phi) is 4.99. The lowest BCUT2D eigenvalue weighted by Gasteiger charge is -2.40. The van der Waals surface area contributed by atoms with E-state index in [2.05, 4.69) is 31.7 Å². The van der Waals surface area contributed by atoms with E-state index < -0.39 is 0 Å². The lowest BCUT2D eigenvalue weighted by Crippen LogP contribution is -2.56. The molecule has 5 nitrogen and oxygen atoms in total. The predicted molar refractivity (Wildman–Crippen MR) is 93.5 cm³/mol. The van der Waals surface area contributed by atoms with Gasteiger partial charge in [-0.3, -0.25) is 9.69 Å². The molecule has 1 atom stereocenters. The van der Waals surface area contributed by atoms with Gasteiger partial charge in [-0.25, -0.2) is 0 Å². The highest BCUT2D eigenvalue weighted by molar-refractivity contribution is 5.82. The van der Waals surface area contributed by atoms with Gasteiger partial charge in [0.2, 0.25) is 5.91 Å². The van der Waals surface area contributed by atoms with Crippen molar-refractivity contribution in [1.29, 1.82) is 0 Å². The Morgan fingerprint density at radius 3 is 2.50 bits per heavy atom. The first-order valence-electron chi connectivity index (χ1n) is 8.87. The van der Waals surface area contributed by atoms with E-state index >= 15 is 0 Å². The average Bonchev–Trinajstić information content (AvgIpc) is 2.54. The maximum Gasteiger partial charge on any atom is 0.239 e. The zero-order valence-electron chi connectivity index (χ0n) is 15.2. The summed E-state index contributed by atoms with van der Waals surface area (Å²) in [5, 5.41) is 0. The summed E-state index contributed by atoms with van der Waals surface area (Å²) in [7, 11) is 0. The monoisotopic (exact) mass is 332 g/mol. The molecule has 0 N–H and O–H groups in total. The van der Waals surface area contributed by atoms with Crippen molar-refractivity contribution in [2.75, 3.05) is 32.8 Å². The molecule has 0 radical (unpaired) electrons. The van der Waals surface area contributed by atoms with Crippen molar-refractivity contribution in [2.45, 2.75) is 40.3 Å². The number of aryl methyl sites for hydroxylation is 1. The van der Waals surface area contributed by atoms with E-state index in [1.54, 1.807) is 0 Å². The van der Waals surface area contributed by atoms with Gasteiger partial charge < -0.3 is 14.4 Å². The summed E-state index contributed by atoms with van der Waals surface area (Å²) in [6.45, 7) is 13.0. The van der Waals surface area contributed by atoms with Crippen molar-refractivity contribution >= 4 is 5.91 Å². The highest BCUT2D eigenvalue weighted by atomic mass is 16.6. The van der Waals surface area contributed by atoms with Crippen LogP contribution in [-0.2, 0) is 11.3 Å². The van der Waals surface area contributed by atoms with Gasteiger partial charge in [-0.05, 0) is 43.0 Å². The molecule has 1 fully saturated rings. The van der Waals surface area contributed by atoms with Gasteiger partial charge in [0.05, 0.1) is 6.04 Å². The van der Waals surface area contributed by atoms with Crippen LogP contribution in [0.3, 0.4) is 0 Å². The van der Waals surface area contributed by atoms with E-state index in [1.165, 1.54) is 11.1 Å². The van der Waals surface area contributed by atoms with Crippen molar-refractivity contribution in [1.82, 2.24) is 9.80 Å². The smallest absolute Gasteiger partial charge is 0.239 e. The first kappa shape index (κ1) is 17.1. The molecular formula is C19H28N2O3. The van der Waals surface area contributed by atoms with E-state index in [-0.39, 0.29) is 11.9 Å². The molecule has 2 heterocycles. The molecule has 0 aromatic heterocycles. The van der Waals surface area contributed by atoms with Crippen LogP contribution < -0.4 is 9.47 Å². The number of ether oxygens (including phenoxy) is 2. The third-order valence-electron chi connectivity index (χ3n) is 4.83. The van der Waals surface area contributed by atoms with Crippen molar-refractivity contribution in [3.8, 4) is 11.5 Å². The Labute approximate surface area is 144 Å². The fourth-order valence-corrected chi connectivity index (χ4v) is 3.43. The molecular weight excluding hydrogens is 304 g/mol. The third kappa shape index (κ3) is 3.51. The summed E-state index contributed by atoms with van der Waals surface area (Å²) < 4.78 is 11.3. The van der Waals surface area contributed by atoms with Crippen LogP contribution in [0.5, 0.6) is 11.5 Å². The minimum absolute atomic E-state index is 0.0786. The van der Waals surface area contributed by atoms with Crippen LogP contribution >= 0.6 is 0 Å². The maximum atomic E-state index is 12.6. The Morgan fingerprint density at radius 1 is 1.17 bits per heavy atom. The normalized spacial score (nSPS) is 21.5. The van der Waals surface area contributed by atoms with Crippen molar-refractivity contribution in [3.63, 3.8) is 0 Å². The van der Waals surface area contributed by atoms with Crippen LogP contribution in [0.2, 0.25) is 0 Å². The molecule has 0 bridgehead atoms. The van der Waals surface area contributed by atoms with E-state index in [0.29, 0.717) is 19.1 Å². The average molecular weight is 332 g/mol. The summed E-state index contributed by atoms with van der Waals surface area (Å²) >= 11 is 0. The lowest BCUT2D eigenvalue weighted by atomic mass is 10.0. The number of fused-ring (bicyclic) bond motifs is 1. The quantitative estimate of drug-likeness (QED) is 0.849. The molecule has 1 saturated heterocycles. The SMILES string of the molecule is Cc1cc2c(cc1CN1CCN(CC(C)C)C(=O)[C@H]1C)OCCO2. The second kappa shape index (κ2) is 7.01. The largest absolute Gasteiger partial charge is 0.486 e. The zero-order chi connectivity index (χ0) is 17.3. The molecule has 132 valence electrons. The minimum atomic E-state index is -0.0786. The number of carbonyl (C=O) groups is 1. The van der Waals surface area contributed by atoms with Gasteiger partial charge in [0.15, 0.2) is 11.5 Å². The zero-order valence-corrected chi connectivity index (χ0v) is 15.2. The van der Waals surface area contributed by atoms with Crippen LogP contribution in [0.25, 0.3) is 0 Å². The number of benzene rings is 1.